The number of halogens is 3. The normalized spacial score (nSPS) is 12.2. The van der Waals surface area contributed by atoms with E-state index in [1.807, 2.05) is 12.1 Å². The number of unbranched alkanes of at least 4 members (excludes halogenated alkanes) is 8. The molecule has 29 heavy (non-hydrogen) atoms. The zero-order valence-corrected chi connectivity index (χ0v) is 22.1. The van der Waals surface area contributed by atoms with Crippen LogP contribution in [0.1, 0.15) is 83.6 Å². The molecule has 0 heterocycles. The Labute approximate surface area is 205 Å². The summed E-state index contributed by atoms with van der Waals surface area (Å²) >= 11 is 8.95. The van der Waals surface area contributed by atoms with E-state index in [1.54, 1.807) is 0 Å². The van der Waals surface area contributed by atoms with E-state index in [1.165, 1.54) is 82.9 Å². The maximum atomic E-state index is 6.44. The van der Waals surface area contributed by atoms with E-state index in [4.69, 9.17) is 18.0 Å². The third kappa shape index (κ3) is 11.3. The first-order chi connectivity index (χ1) is 13.6. The number of hydrogen-bond donors (Lipinski definition) is 0. The largest absolute Gasteiger partial charge is 1.00 e. The van der Waals surface area contributed by atoms with E-state index in [2.05, 4.69) is 54.5 Å². The highest BCUT2D eigenvalue weighted by Crippen LogP contribution is 2.26. The molecule has 0 aromatic heterocycles. The predicted molar refractivity (Wildman–Crippen MR) is 134 cm³/mol. The van der Waals surface area contributed by atoms with Gasteiger partial charge in [0.15, 0.2) is 0 Å². The molecule has 0 aliphatic carbocycles. The number of terminal acetylenes is 1. The van der Waals surface area contributed by atoms with Gasteiger partial charge in [-0.25, -0.2) is 0 Å². The summed E-state index contributed by atoms with van der Waals surface area (Å²) in [6.07, 6.45) is 20.1. The van der Waals surface area contributed by atoms with Gasteiger partial charge in [-0.3, -0.25) is 0 Å². The van der Waals surface area contributed by atoms with Gasteiger partial charge >= 0.3 is 0 Å². The third-order valence-electron chi connectivity index (χ3n) is 5.82. The van der Waals surface area contributed by atoms with E-state index in [-0.39, 0.29) is 16.5 Å². The number of rotatable bonds is 16. The molecule has 0 saturated heterocycles. The van der Waals surface area contributed by atoms with Crippen molar-refractivity contribution in [3.8, 4) is 12.3 Å². The summed E-state index contributed by atoms with van der Waals surface area (Å²) in [6, 6.07) is 8.27. The lowest BCUT2D eigenvalue weighted by molar-refractivity contribution is -0.927. The van der Waals surface area contributed by atoms with Crippen molar-refractivity contribution in [1.82, 2.24) is 0 Å². The van der Waals surface area contributed by atoms with Crippen LogP contribution in [-0.2, 0) is 6.42 Å². The Balaban J connectivity index is 0.00000784. The van der Waals surface area contributed by atoms with Crippen LogP contribution in [0.5, 0.6) is 0 Å². The van der Waals surface area contributed by atoms with E-state index < -0.39 is 0 Å². The molecule has 0 fully saturated rings. The van der Waals surface area contributed by atoms with Gasteiger partial charge < -0.3 is 16.9 Å². The van der Waals surface area contributed by atoms with Crippen molar-refractivity contribution in [2.75, 3.05) is 19.6 Å². The molecule has 1 aromatic carbocycles. The first kappa shape index (κ1) is 29.1. The highest BCUT2D eigenvalue weighted by atomic mass is 127. The van der Waals surface area contributed by atoms with E-state index in [0.717, 1.165) is 22.5 Å². The quantitative estimate of drug-likeness (QED) is 0.0674. The fourth-order valence-electron chi connectivity index (χ4n) is 3.94. The fraction of sp³-hybridized carbons (Fsp3) is 0.680. The average molecular weight is 552 g/mol. The molecule has 0 radical (unpaired) electrons. The zero-order valence-electron chi connectivity index (χ0n) is 18.4. The SMILES string of the molecule is C#CC(I)[N+](CCCCCCC)(CCCCCCC)CCc1ccccc1Cl.[Cl-]. The molecule has 166 valence electrons. The number of benzene rings is 1. The van der Waals surface area contributed by atoms with Crippen LogP contribution in [0.15, 0.2) is 24.3 Å². The number of quaternary nitrogens is 1. The van der Waals surface area contributed by atoms with Gasteiger partial charge in [0.1, 0.15) is 0 Å². The van der Waals surface area contributed by atoms with Crippen molar-refractivity contribution < 1.29 is 16.9 Å². The van der Waals surface area contributed by atoms with Crippen LogP contribution in [0.3, 0.4) is 0 Å². The Morgan fingerprint density at radius 1 is 0.897 bits per heavy atom. The minimum atomic E-state index is 0. The lowest BCUT2D eigenvalue weighted by atomic mass is 10.1. The second-order valence-corrected chi connectivity index (χ2v) is 9.65. The van der Waals surface area contributed by atoms with Gasteiger partial charge in [-0.1, -0.05) is 82.2 Å². The van der Waals surface area contributed by atoms with Gasteiger partial charge in [-0.05, 0) is 43.2 Å². The highest BCUT2D eigenvalue weighted by Gasteiger charge is 2.33. The van der Waals surface area contributed by atoms with Crippen molar-refractivity contribution in [2.45, 2.75) is 88.5 Å². The van der Waals surface area contributed by atoms with Crippen molar-refractivity contribution in [3.05, 3.63) is 34.9 Å². The molecule has 1 nitrogen and oxygen atoms in total. The minimum Gasteiger partial charge on any atom is -1.00 e. The summed E-state index contributed by atoms with van der Waals surface area (Å²) in [6.45, 7) is 8.03. The zero-order chi connectivity index (χ0) is 20.7. The smallest absolute Gasteiger partial charge is 0.200 e. The molecule has 1 atom stereocenters. The monoisotopic (exact) mass is 551 g/mol. The van der Waals surface area contributed by atoms with E-state index in [0.29, 0.717) is 0 Å². The molecular formula is C25H40Cl2IN. The van der Waals surface area contributed by atoms with E-state index >= 15 is 0 Å². The minimum absolute atomic E-state index is 0. The van der Waals surface area contributed by atoms with Crippen LogP contribution in [0.25, 0.3) is 0 Å². The Kier molecular flexibility index (Phi) is 17.7. The van der Waals surface area contributed by atoms with E-state index in [9.17, 15) is 0 Å². The molecule has 0 amide bonds. The van der Waals surface area contributed by atoms with Crippen LogP contribution >= 0.6 is 34.2 Å². The number of nitrogens with zero attached hydrogens (tertiary/aromatic N) is 1. The molecule has 4 heteroatoms. The van der Waals surface area contributed by atoms with Crippen LogP contribution in [0.2, 0.25) is 5.02 Å². The second kappa shape index (κ2) is 17.7. The Morgan fingerprint density at radius 3 is 1.90 bits per heavy atom. The summed E-state index contributed by atoms with van der Waals surface area (Å²) in [5.41, 5.74) is 1.25. The Hall–Kier alpha value is 0.0500. The van der Waals surface area contributed by atoms with Gasteiger partial charge in [0.05, 0.1) is 19.6 Å². The lowest BCUT2D eigenvalue weighted by Crippen LogP contribution is -3.00. The van der Waals surface area contributed by atoms with Gasteiger partial charge in [0.2, 0.25) is 4.05 Å². The molecule has 1 rings (SSSR count). The van der Waals surface area contributed by atoms with Crippen molar-refractivity contribution in [1.29, 1.82) is 0 Å². The molecule has 1 unspecified atom stereocenters. The Bertz CT molecular complexity index is 556. The Morgan fingerprint density at radius 2 is 1.41 bits per heavy atom. The molecule has 0 spiro atoms. The molecule has 0 aliphatic heterocycles. The molecule has 0 N–H and O–H groups in total. The molecule has 0 aliphatic rings. The van der Waals surface area contributed by atoms with Crippen molar-refractivity contribution >= 4 is 34.2 Å². The van der Waals surface area contributed by atoms with Crippen molar-refractivity contribution in [2.24, 2.45) is 0 Å². The van der Waals surface area contributed by atoms with Crippen molar-refractivity contribution in [3.63, 3.8) is 0 Å². The number of hydrogen-bond acceptors (Lipinski definition) is 0. The number of alkyl halides is 1. The standard InChI is InChI=1S/C25H40ClIN.ClH/c1-4-7-9-11-15-20-28(25(27)6-3,21-16-12-10-8-5-2)22-19-23-17-13-14-18-24(23)26;/h3,13-14,17-18,25H,4-5,7-12,15-16,19-22H2,1-2H3;1H/q+1;/p-1. The summed E-state index contributed by atoms with van der Waals surface area (Å²) in [7, 11) is 0. The fourth-order valence-corrected chi connectivity index (χ4v) is 5.00. The van der Waals surface area contributed by atoms with Crippen LogP contribution in [-0.4, -0.2) is 28.2 Å². The first-order valence-corrected chi connectivity index (χ1v) is 12.9. The maximum absolute atomic E-state index is 6.44. The maximum Gasteiger partial charge on any atom is 0.200 e. The van der Waals surface area contributed by atoms with Crippen LogP contribution in [0.4, 0.5) is 0 Å². The lowest BCUT2D eigenvalue weighted by Gasteiger charge is -2.41. The summed E-state index contributed by atoms with van der Waals surface area (Å²) in [5.74, 6) is 3.09. The summed E-state index contributed by atoms with van der Waals surface area (Å²) < 4.78 is 1.28. The predicted octanol–water partition coefficient (Wildman–Crippen LogP) is 5.04. The highest BCUT2D eigenvalue weighted by molar-refractivity contribution is 14.1. The molecule has 1 aromatic rings. The van der Waals surface area contributed by atoms with Gasteiger partial charge in [0, 0.05) is 34.0 Å². The summed E-state index contributed by atoms with van der Waals surface area (Å²) in [4.78, 5) is 0. The molecular weight excluding hydrogens is 512 g/mol. The van der Waals surface area contributed by atoms with Gasteiger partial charge in [0.25, 0.3) is 0 Å². The molecule has 0 bridgehead atoms. The van der Waals surface area contributed by atoms with Gasteiger partial charge in [-0.2, -0.15) is 0 Å². The topological polar surface area (TPSA) is 0 Å². The third-order valence-corrected chi connectivity index (χ3v) is 7.73. The first-order valence-electron chi connectivity index (χ1n) is 11.3. The second-order valence-electron chi connectivity index (χ2n) is 8.06. The average Bonchev–Trinajstić information content (AvgIpc) is 2.71. The van der Waals surface area contributed by atoms with Crippen LogP contribution in [0, 0.1) is 12.3 Å². The van der Waals surface area contributed by atoms with Gasteiger partial charge in [-0.15, -0.1) is 6.42 Å². The van der Waals surface area contributed by atoms with Crippen LogP contribution < -0.4 is 12.4 Å². The summed E-state index contributed by atoms with van der Waals surface area (Å²) in [5, 5.41) is 0.886. The molecule has 0 saturated carbocycles.